The molecule has 0 spiro atoms. The van der Waals surface area contributed by atoms with Crippen LogP contribution in [0.25, 0.3) is 0 Å². The third-order valence-corrected chi connectivity index (χ3v) is 7.22. The van der Waals surface area contributed by atoms with E-state index in [1.807, 2.05) is 13.0 Å². The molecule has 0 aliphatic heterocycles. The SMILES string of the molecule is CNC(c1sc(C)cc1Br)C(C)(C)S(C)(=O)=O. The summed E-state index contributed by atoms with van der Waals surface area (Å²) in [6.07, 6.45) is 1.28. The number of hydrogen-bond donors (Lipinski definition) is 1. The highest BCUT2D eigenvalue weighted by Gasteiger charge is 2.40. The predicted molar refractivity (Wildman–Crippen MR) is 77.5 cm³/mol. The third kappa shape index (κ3) is 2.92. The van der Waals surface area contributed by atoms with E-state index in [9.17, 15) is 8.42 Å². The summed E-state index contributed by atoms with van der Waals surface area (Å²) < 4.78 is 23.9. The fourth-order valence-electron chi connectivity index (χ4n) is 1.71. The van der Waals surface area contributed by atoms with Gasteiger partial charge in [0.25, 0.3) is 0 Å². The number of aryl methyl sites for hydroxylation is 1. The molecule has 0 saturated carbocycles. The lowest BCUT2D eigenvalue weighted by molar-refractivity contribution is 0.450. The molecular formula is C11H18BrNO2S2. The van der Waals surface area contributed by atoms with Crippen molar-refractivity contribution in [1.29, 1.82) is 0 Å². The van der Waals surface area contributed by atoms with Gasteiger partial charge in [0.1, 0.15) is 0 Å². The summed E-state index contributed by atoms with van der Waals surface area (Å²) in [4.78, 5) is 2.19. The second-order valence-corrected chi connectivity index (χ2v) is 9.41. The van der Waals surface area contributed by atoms with Crippen LogP contribution in [-0.2, 0) is 9.84 Å². The predicted octanol–water partition coefficient (Wildman–Crippen LogP) is 2.90. The zero-order valence-corrected chi connectivity index (χ0v) is 13.9. The van der Waals surface area contributed by atoms with Crippen LogP contribution in [0, 0.1) is 6.92 Å². The average Bonchev–Trinajstić information content (AvgIpc) is 2.44. The van der Waals surface area contributed by atoms with Gasteiger partial charge < -0.3 is 5.32 Å². The van der Waals surface area contributed by atoms with Crippen molar-refractivity contribution in [3.8, 4) is 0 Å². The number of hydrogen-bond acceptors (Lipinski definition) is 4. The molecule has 1 aromatic heterocycles. The largest absolute Gasteiger partial charge is 0.311 e. The minimum atomic E-state index is -3.15. The smallest absolute Gasteiger partial charge is 0.154 e. The first-order valence-electron chi connectivity index (χ1n) is 5.24. The molecule has 1 rings (SSSR count). The van der Waals surface area contributed by atoms with Crippen LogP contribution in [0.4, 0.5) is 0 Å². The van der Waals surface area contributed by atoms with Crippen LogP contribution < -0.4 is 5.32 Å². The highest BCUT2D eigenvalue weighted by atomic mass is 79.9. The van der Waals surface area contributed by atoms with Crippen molar-refractivity contribution in [3.63, 3.8) is 0 Å². The van der Waals surface area contributed by atoms with E-state index in [4.69, 9.17) is 0 Å². The van der Waals surface area contributed by atoms with Crippen LogP contribution in [0.1, 0.15) is 29.6 Å². The average molecular weight is 340 g/mol. The molecular weight excluding hydrogens is 322 g/mol. The lowest BCUT2D eigenvalue weighted by Crippen LogP contribution is -2.43. The minimum Gasteiger partial charge on any atom is -0.311 e. The molecule has 98 valence electrons. The Kier molecular flexibility index (Phi) is 4.45. The maximum Gasteiger partial charge on any atom is 0.154 e. The van der Waals surface area contributed by atoms with Crippen LogP contribution in [0.3, 0.4) is 0 Å². The second-order valence-electron chi connectivity index (χ2n) is 4.67. The minimum absolute atomic E-state index is 0.217. The zero-order chi connectivity index (χ0) is 13.4. The fourth-order valence-corrected chi connectivity index (χ4v) is 4.62. The van der Waals surface area contributed by atoms with Crippen molar-refractivity contribution in [2.75, 3.05) is 13.3 Å². The molecule has 0 aromatic carbocycles. The van der Waals surface area contributed by atoms with Gasteiger partial charge >= 0.3 is 0 Å². The molecule has 0 amide bonds. The molecule has 3 nitrogen and oxygen atoms in total. The third-order valence-electron chi connectivity index (χ3n) is 3.04. The number of halogens is 1. The van der Waals surface area contributed by atoms with Crippen molar-refractivity contribution in [2.24, 2.45) is 0 Å². The van der Waals surface area contributed by atoms with Crippen molar-refractivity contribution in [1.82, 2.24) is 5.32 Å². The van der Waals surface area contributed by atoms with Crippen LogP contribution >= 0.6 is 27.3 Å². The Hall–Kier alpha value is 0.0900. The molecule has 1 heterocycles. The zero-order valence-electron chi connectivity index (χ0n) is 10.7. The van der Waals surface area contributed by atoms with Crippen molar-refractivity contribution in [3.05, 3.63) is 20.3 Å². The Morgan fingerprint density at radius 1 is 1.47 bits per heavy atom. The summed E-state index contributed by atoms with van der Waals surface area (Å²) in [6.45, 7) is 5.52. The Morgan fingerprint density at radius 3 is 2.29 bits per heavy atom. The van der Waals surface area contributed by atoms with Gasteiger partial charge in [0.15, 0.2) is 9.84 Å². The van der Waals surface area contributed by atoms with Gasteiger partial charge in [0.05, 0.1) is 10.8 Å². The standard InChI is InChI=1S/C11H18BrNO2S2/c1-7-6-8(12)9(16-7)10(13-4)11(2,3)17(5,14)15/h6,10,13H,1-5H3. The van der Waals surface area contributed by atoms with E-state index in [0.717, 1.165) is 14.2 Å². The molecule has 6 heteroatoms. The quantitative estimate of drug-likeness (QED) is 0.917. The molecule has 1 N–H and O–H groups in total. The number of rotatable bonds is 4. The monoisotopic (exact) mass is 339 g/mol. The van der Waals surface area contributed by atoms with Crippen LogP contribution in [0.5, 0.6) is 0 Å². The molecule has 0 bridgehead atoms. The van der Waals surface area contributed by atoms with E-state index in [2.05, 4.69) is 21.2 Å². The van der Waals surface area contributed by atoms with Gasteiger partial charge in [-0.1, -0.05) is 0 Å². The second kappa shape index (κ2) is 4.99. The van der Waals surface area contributed by atoms with Crippen molar-refractivity contribution >= 4 is 37.1 Å². The Balaban J connectivity index is 3.30. The molecule has 0 aliphatic rings. The van der Waals surface area contributed by atoms with Gasteiger partial charge in [-0.3, -0.25) is 0 Å². The van der Waals surface area contributed by atoms with Crippen molar-refractivity contribution in [2.45, 2.75) is 31.6 Å². The lowest BCUT2D eigenvalue weighted by atomic mass is 10.0. The molecule has 17 heavy (non-hydrogen) atoms. The van der Waals surface area contributed by atoms with Gasteiger partial charge in [-0.2, -0.15) is 0 Å². The van der Waals surface area contributed by atoms with Crippen LogP contribution in [-0.4, -0.2) is 26.5 Å². The highest BCUT2D eigenvalue weighted by molar-refractivity contribution is 9.10. The van der Waals surface area contributed by atoms with E-state index >= 15 is 0 Å². The Bertz CT molecular complexity index is 506. The first-order valence-corrected chi connectivity index (χ1v) is 8.74. The van der Waals surface area contributed by atoms with Gasteiger partial charge in [-0.25, -0.2) is 8.42 Å². The van der Waals surface area contributed by atoms with E-state index in [-0.39, 0.29) is 6.04 Å². The summed E-state index contributed by atoms with van der Waals surface area (Å²) in [5, 5.41) is 3.12. The highest BCUT2D eigenvalue weighted by Crippen LogP contribution is 2.40. The van der Waals surface area contributed by atoms with Gasteiger partial charge in [-0.05, 0) is 49.8 Å². The maximum absolute atomic E-state index is 11.9. The van der Waals surface area contributed by atoms with E-state index < -0.39 is 14.6 Å². The molecule has 0 radical (unpaired) electrons. The summed E-state index contributed by atoms with van der Waals surface area (Å²) in [6, 6.07) is 1.80. The summed E-state index contributed by atoms with van der Waals surface area (Å²) in [5.74, 6) is 0. The summed E-state index contributed by atoms with van der Waals surface area (Å²) >= 11 is 5.11. The van der Waals surface area contributed by atoms with Gasteiger partial charge in [-0.15, -0.1) is 11.3 Å². The van der Waals surface area contributed by atoms with E-state index in [1.165, 1.54) is 6.26 Å². The van der Waals surface area contributed by atoms with Gasteiger partial charge in [0, 0.05) is 20.5 Å². The first kappa shape index (κ1) is 15.1. The fraction of sp³-hybridized carbons (Fsp3) is 0.636. The maximum atomic E-state index is 11.9. The number of sulfone groups is 1. The van der Waals surface area contributed by atoms with Crippen LogP contribution in [0.15, 0.2) is 10.5 Å². The first-order chi connectivity index (χ1) is 7.61. The molecule has 0 fully saturated rings. The molecule has 1 atom stereocenters. The summed E-state index contributed by atoms with van der Waals surface area (Å²) in [5.41, 5.74) is 0. The Morgan fingerprint density at radius 2 is 2.00 bits per heavy atom. The van der Waals surface area contributed by atoms with Crippen molar-refractivity contribution < 1.29 is 8.42 Å². The van der Waals surface area contributed by atoms with E-state index in [0.29, 0.717) is 0 Å². The molecule has 0 aliphatic carbocycles. The van der Waals surface area contributed by atoms with Crippen LogP contribution in [0.2, 0.25) is 0 Å². The number of thiophene rings is 1. The molecule has 0 saturated heterocycles. The lowest BCUT2D eigenvalue weighted by Gasteiger charge is -2.32. The Labute approximate surface area is 116 Å². The van der Waals surface area contributed by atoms with Gasteiger partial charge in [0.2, 0.25) is 0 Å². The van der Waals surface area contributed by atoms with E-state index in [1.54, 1.807) is 32.2 Å². The normalized spacial score (nSPS) is 14.9. The molecule has 1 aromatic rings. The topological polar surface area (TPSA) is 46.2 Å². The number of nitrogens with one attached hydrogen (secondary N) is 1. The summed E-state index contributed by atoms with van der Waals surface area (Å²) in [7, 11) is -1.36. The molecule has 1 unspecified atom stereocenters.